The van der Waals surface area contributed by atoms with Gasteiger partial charge in [-0.1, -0.05) is 0 Å². The number of amides is 2. The van der Waals surface area contributed by atoms with Gasteiger partial charge in [-0.05, 0) is 31.6 Å². The summed E-state index contributed by atoms with van der Waals surface area (Å²) in [5, 5.41) is 6.23. The van der Waals surface area contributed by atoms with E-state index in [1.54, 1.807) is 6.92 Å². The summed E-state index contributed by atoms with van der Waals surface area (Å²) in [6.45, 7) is 4.79. The number of hydrogen-bond acceptors (Lipinski definition) is 3. The Balaban J connectivity index is 1.58. The van der Waals surface area contributed by atoms with Crippen LogP contribution in [0.3, 0.4) is 0 Å². The Kier molecular flexibility index (Phi) is 5.19. The third kappa shape index (κ3) is 5.19. The summed E-state index contributed by atoms with van der Waals surface area (Å²) in [6.07, 6.45) is 5.16. The van der Waals surface area contributed by atoms with Gasteiger partial charge in [0.2, 0.25) is 11.8 Å². The van der Waals surface area contributed by atoms with E-state index < -0.39 is 0 Å². The maximum Gasteiger partial charge on any atom is 0.223 e. The molecule has 0 aromatic carbocycles. The first-order chi connectivity index (χ1) is 9.15. The summed E-state index contributed by atoms with van der Waals surface area (Å²) in [5.74, 6) is 0.827. The van der Waals surface area contributed by atoms with Gasteiger partial charge in [-0.2, -0.15) is 0 Å². The lowest BCUT2D eigenvalue weighted by molar-refractivity contribution is -0.132. The maximum absolute atomic E-state index is 12.0. The van der Waals surface area contributed by atoms with Crippen molar-refractivity contribution in [3.8, 4) is 0 Å². The highest BCUT2D eigenvalue weighted by molar-refractivity contribution is 5.76. The Morgan fingerprint density at radius 1 is 1.16 bits per heavy atom. The average molecular weight is 267 g/mol. The lowest BCUT2D eigenvalue weighted by atomic mass is 9.96. The first-order valence-electron chi connectivity index (χ1n) is 7.40. The summed E-state index contributed by atoms with van der Waals surface area (Å²) >= 11 is 0. The summed E-state index contributed by atoms with van der Waals surface area (Å²) in [7, 11) is 0. The molecule has 1 heterocycles. The molecule has 0 radical (unpaired) electrons. The fourth-order valence-electron chi connectivity index (χ4n) is 2.50. The van der Waals surface area contributed by atoms with Crippen LogP contribution in [-0.2, 0) is 9.59 Å². The monoisotopic (exact) mass is 267 g/mol. The Morgan fingerprint density at radius 2 is 1.84 bits per heavy atom. The Morgan fingerprint density at radius 3 is 2.42 bits per heavy atom. The van der Waals surface area contributed by atoms with E-state index in [1.165, 1.54) is 12.8 Å². The molecule has 5 heteroatoms. The van der Waals surface area contributed by atoms with Gasteiger partial charge in [0.25, 0.3) is 0 Å². The van der Waals surface area contributed by atoms with Crippen molar-refractivity contribution in [2.45, 2.75) is 45.1 Å². The van der Waals surface area contributed by atoms with Crippen LogP contribution in [-0.4, -0.2) is 48.9 Å². The second-order valence-corrected chi connectivity index (χ2v) is 5.74. The van der Waals surface area contributed by atoms with Gasteiger partial charge >= 0.3 is 0 Å². The van der Waals surface area contributed by atoms with Crippen LogP contribution in [0.1, 0.15) is 39.0 Å². The molecule has 1 saturated carbocycles. The molecule has 5 nitrogen and oxygen atoms in total. The van der Waals surface area contributed by atoms with E-state index in [9.17, 15) is 9.59 Å². The number of likely N-dealkylation sites (tertiary alicyclic amines) is 1. The fourth-order valence-corrected chi connectivity index (χ4v) is 2.50. The molecular formula is C14H25N3O2. The largest absolute Gasteiger partial charge is 0.356 e. The van der Waals surface area contributed by atoms with Gasteiger partial charge in [0, 0.05) is 45.6 Å². The van der Waals surface area contributed by atoms with Crippen molar-refractivity contribution in [1.82, 2.24) is 15.5 Å². The first kappa shape index (κ1) is 14.3. The number of nitrogens with zero attached hydrogens (tertiary/aromatic N) is 1. The van der Waals surface area contributed by atoms with Crippen molar-refractivity contribution in [1.29, 1.82) is 0 Å². The molecule has 0 unspecified atom stereocenters. The smallest absolute Gasteiger partial charge is 0.223 e. The van der Waals surface area contributed by atoms with Gasteiger partial charge in [0.15, 0.2) is 0 Å². The van der Waals surface area contributed by atoms with Crippen LogP contribution in [0, 0.1) is 5.92 Å². The topological polar surface area (TPSA) is 61.4 Å². The van der Waals surface area contributed by atoms with Crippen LogP contribution < -0.4 is 10.6 Å². The molecule has 1 aliphatic carbocycles. The zero-order valence-corrected chi connectivity index (χ0v) is 11.8. The minimum Gasteiger partial charge on any atom is -0.356 e. The van der Waals surface area contributed by atoms with Gasteiger partial charge in [0.05, 0.1) is 0 Å². The van der Waals surface area contributed by atoms with E-state index in [2.05, 4.69) is 10.6 Å². The van der Waals surface area contributed by atoms with Gasteiger partial charge in [-0.3, -0.25) is 9.59 Å². The average Bonchev–Trinajstić information content (AvgIpc) is 3.21. The summed E-state index contributed by atoms with van der Waals surface area (Å²) in [6, 6.07) is 0.677. The van der Waals surface area contributed by atoms with Crippen molar-refractivity contribution in [2.24, 2.45) is 5.92 Å². The van der Waals surface area contributed by atoms with Crippen LogP contribution in [0.4, 0.5) is 0 Å². The SMILES string of the molecule is CC(=O)NCC1CCN(C(=O)CCNC2CC2)CC1. The second kappa shape index (κ2) is 6.89. The molecular weight excluding hydrogens is 242 g/mol. The Bertz CT molecular complexity index is 321. The van der Waals surface area contributed by atoms with E-state index in [-0.39, 0.29) is 11.8 Å². The normalized spacial score (nSPS) is 20.4. The number of rotatable bonds is 6. The predicted molar refractivity (Wildman–Crippen MR) is 73.6 cm³/mol. The van der Waals surface area contributed by atoms with Crippen LogP contribution in [0.15, 0.2) is 0 Å². The third-order valence-electron chi connectivity index (χ3n) is 3.96. The van der Waals surface area contributed by atoms with Crippen molar-refractivity contribution >= 4 is 11.8 Å². The number of piperidine rings is 1. The van der Waals surface area contributed by atoms with E-state index in [0.29, 0.717) is 18.4 Å². The van der Waals surface area contributed by atoms with Crippen LogP contribution >= 0.6 is 0 Å². The predicted octanol–water partition coefficient (Wildman–Crippen LogP) is 0.503. The summed E-state index contributed by atoms with van der Waals surface area (Å²) < 4.78 is 0. The third-order valence-corrected chi connectivity index (χ3v) is 3.96. The molecule has 2 aliphatic rings. The molecule has 0 aromatic heterocycles. The van der Waals surface area contributed by atoms with Crippen molar-refractivity contribution in [3.63, 3.8) is 0 Å². The zero-order chi connectivity index (χ0) is 13.7. The number of carbonyl (C=O) groups excluding carboxylic acids is 2. The van der Waals surface area contributed by atoms with Crippen molar-refractivity contribution in [3.05, 3.63) is 0 Å². The lowest BCUT2D eigenvalue weighted by Crippen LogP contribution is -2.42. The zero-order valence-electron chi connectivity index (χ0n) is 11.8. The molecule has 19 heavy (non-hydrogen) atoms. The van der Waals surface area contributed by atoms with Gasteiger partial charge < -0.3 is 15.5 Å². The standard InChI is InChI=1S/C14H25N3O2/c1-11(18)16-10-12-5-8-17(9-6-12)14(19)4-7-15-13-2-3-13/h12-13,15H,2-10H2,1H3,(H,16,18). The minimum atomic E-state index is 0.0321. The highest BCUT2D eigenvalue weighted by Crippen LogP contribution is 2.19. The van der Waals surface area contributed by atoms with E-state index >= 15 is 0 Å². The highest BCUT2D eigenvalue weighted by Gasteiger charge is 2.24. The van der Waals surface area contributed by atoms with Gasteiger partial charge in [-0.15, -0.1) is 0 Å². The molecule has 1 saturated heterocycles. The Labute approximate surface area is 115 Å². The minimum absolute atomic E-state index is 0.0321. The molecule has 2 rings (SSSR count). The fraction of sp³-hybridized carbons (Fsp3) is 0.857. The van der Waals surface area contributed by atoms with E-state index in [0.717, 1.165) is 39.0 Å². The van der Waals surface area contributed by atoms with Crippen LogP contribution in [0.2, 0.25) is 0 Å². The molecule has 0 bridgehead atoms. The van der Waals surface area contributed by atoms with Crippen LogP contribution in [0.25, 0.3) is 0 Å². The van der Waals surface area contributed by atoms with Crippen LogP contribution in [0.5, 0.6) is 0 Å². The quantitative estimate of drug-likeness (QED) is 0.737. The first-order valence-corrected chi connectivity index (χ1v) is 7.40. The number of hydrogen-bond donors (Lipinski definition) is 2. The van der Waals surface area contributed by atoms with Crippen molar-refractivity contribution < 1.29 is 9.59 Å². The van der Waals surface area contributed by atoms with Gasteiger partial charge in [-0.25, -0.2) is 0 Å². The molecule has 0 aromatic rings. The van der Waals surface area contributed by atoms with Crippen molar-refractivity contribution in [2.75, 3.05) is 26.2 Å². The summed E-state index contributed by atoms with van der Waals surface area (Å²) in [4.78, 5) is 24.8. The molecule has 2 N–H and O–H groups in total. The molecule has 0 spiro atoms. The maximum atomic E-state index is 12.0. The molecule has 2 fully saturated rings. The molecule has 0 atom stereocenters. The molecule has 108 valence electrons. The number of carbonyl (C=O) groups is 2. The Hall–Kier alpha value is -1.10. The van der Waals surface area contributed by atoms with E-state index in [4.69, 9.17) is 0 Å². The molecule has 2 amide bonds. The molecule has 1 aliphatic heterocycles. The van der Waals surface area contributed by atoms with Gasteiger partial charge in [0.1, 0.15) is 0 Å². The number of nitrogens with one attached hydrogen (secondary N) is 2. The second-order valence-electron chi connectivity index (χ2n) is 5.74. The van der Waals surface area contributed by atoms with E-state index in [1.807, 2.05) is 4.90 Å². The highest BCUT2D eigenvalue weighted by atomic mass is 16.2. The summed E-state index contributed by atoms with van der Waals surface area (Å²) in [5.41, 5.74) is 0. The lowest BCUT2D eigenvalue weighted by Gasteiger charge is -2.32.